The summed E-state index contributed by atoms with van der Waals surface area (Å²) in [5.41, 5.74) is 1.94. The molecule has 3 aromatic carbocycles. The lowest BCUT2D eigenvalue weighted by atomic mass is 10.1. The van der Waals surface area contributed by atoms with Crippen molar-refractivity contribution in [2.24, 2.45) is 0 Å². The van der Waals surface area contributed by atoms with Gasteiger partial charge in [-0.15, -0.1) is 0 Å². The summed E-state index contributed by atoms with van der Waals surface area (Å²) >= 11 is 0. The molecule has 1 aliphatic rings. The molecule has 3 N–H and O–H groups in total. The molecule has 0 aliphatic carbocycles. The summed E-state index contributed by atoms with van der Waals surface area (Å²) in [5.74, 6) is -0.256. The SMILES string of the molecule is CCNC(=O)N1CCC(NS(=O)(=O)c2ccc(NC(=O)c3ccccc3C)c3ccccc23)C1. The molecule has 9 heteroatoms. The number of nitrogens with zero attached hydrogens (tertiary/aromatic N) is 1. The number of rotatable bonds is 6. The minimum absolute atomic E-state index is 0.133. The molecule has 1 saturated heterocycles. The van der Waals surface area contributed by atoms with Crippen molar-refractivity contribution in [3.63, 3.8) is 0 Å². The van der Waals surface area contributed by atoms with Gasteiger partial charge >= 0.3 is 6.03 Å². The largest absolute Gasteiger partial charge is 0.338 e. The topological polar surface area (TPSA) is 108 Å². The van der Waals surface area contributed by atoms with Crippen LogP contribution in [-0.4, -0.2) is 50.9 Å². The number of fused-ring (bicyclic) bond motifs is 1. The van der Waals surface area contributed by atoms with Crippen LogP contribution in [0.1, 0.15) is 29.3 Å². The summed E-state index contributed by atoms with van der Waals surface area (Å²) in [6.07, 6.45) is 0.541. The molecule has 178 valence electrons. The molecule has 0 spiro atoms. The van der Waals surface area contributed by atoms with Crippen LogP contribution in [0.5, 0.6) is 0 Å². The molecule has 0 radical (unpaired) electrons. The van der Waals surface area contributed by atoms with Gasteiger partial charge in [-0.2, -0.15) is 0 Å². The van der Waals surface area contributed by atoms with Crippen LogP contribution < -0.4 is 15.4 Å². The number of sulfonamides is 1. The number of hydrogen-bond acceptors (Lipinski definition) is 4. The summed E-state index contributed by atoms with van der Waals surface area (Å²) in [4.78, 5) is 26.6. The molecule has 1 aliphatic heterocycles. The van der Waals surface area contributed by atoms with Gasteiger partial charge in [-0.05, 0) is 44.0 Å². The zero-order valence-electron chi connectivity index (χ0n) is 19.2. The Balaban J connectivity index is 1.59. The monoisotopic (exact) mass is 480 g/mol. The van der Waals surface area contributed by atoms with Crippen LogP contribution in [0.25, 0.3) is 10.8 Å². The van der Waals surface area contributed by atoms with E-state index in [1.807, 2.05) is 26.0 Å². The Kier molecular flexibility index (Phi) is 6.85. The molecular weight excluding hydrogens is 452 g/mol. The normalized spacial score (nSPS) is 15.9. The van der Waals surface area contributed by atoms with Crippen LogP contribution in [0.4, 0.5) is 10.5 Å². The fourth-order valence-electron chi connectivity index (χ4n) is 4.22. The second kappa shape index (κ2) is 9.82. The number of urea groups is 1. The molecule has 0 bridgehead atoms. The van der Waals surface area contributed by atoms with E-state index in [1.54, 1.807) is 47.4 Å². The first kappa shape index (κ1) is 23.7. The summed E-state index contributed by atoms with van der Waals surface area (Å²) in [5, 5.41) is 6.80. The van der Waals surface area contributed by atoms with E-state index in [0.29, 0.717) is 48.1 Å². The van der Waals surface area contributed by atoms with Gasteiger partial charge in [0.2, 0.25) is 10.0 Å². The molecule has 3 amide bonds. The van der Waals surface area contributed by atoms with E-state index >= 15 is 0 Å². The highest BCUT2D eigenvalue weighted by atomic mass is 32.2. The van der Waals surface area contributed by atoms with E-state index in [-0.39, 0.29) is 22.9 Å². The third kappa shape index (κ3) is 4.90. The van der Waals surface area contributed by atoms with Crippen LogP contribution >= 0.6 is 0 Å². The molecule has 0 saturated carbocycles. The van der Waals surface area contributed by atoms with Crippen molar-refractivity contribution in [3.8, 4) is 0 Å². The lowest BCUT2D eigenvalue weighted by Gasteiger charge is -2.18. The Morgan fingerprint density at radius 2 is 1.71 bits per heavy atom. The zero-order chi connectivity index (χ0) is 24.3. The molecule has 1 heterocycles. The van der Waals surface area contributed by atoms with Crippen molar-refractivity contribution in [1.82, 2.24) is 14.9 Å². The maximum Gasteiger partial charge on any atom is 0.317 e. The number of aryl methyl sites for hydroxylation is 1. The van der Waals surface area contributed by atoms with Gasteiger partial charge in [-0.1, -0.05) is 42.5 Å². The Morgan fingerprint density at radius 3 is 2.44 bits per heavy atom. The van der Waals surface area contributed by atoms with Crippen molar-refractivity contribution in [1.29, 1.82) is 0 Å². The average molecular weight is 481 g/mol. The van der Waals surface area contributed by atoms with Gasteiger partial charge in [-0.25, -0.2) is 17.9 Å². The lowest BCUT2D eigenvalue weighted by Crippen LogP contribution is -2.42. The first-order valence-electron chi connectivity index (χ1n) is 11.2. The van der Waals surface area contributed by atoms with Crippen molar-refractivity contribution in [3.05, 3.63) is 71.8 Å². The van der Waals surface area contributed by atoms with Crippen LogP contribution in [0, 0.1) is 6.92 Å². The maximum atomic E-state index is 13.3. The highest BCUT2D eigenvalue weighted by molar-refractivity contribution is 7.89. The second-order valence-electron chi connectivity index (χ2n) is 8.31. The number of carbonyl (C=O) groups excluding carboxylic acids is 2. The van der Waals surface area contributed by atoms with Crippen LogP contribution in [0.3, 0.4) is 0 Å². The Morgan fingerprint density at radius 1 is 1.00 bits per heavy atom. The molecule has 1 atom stereocenters. The third-order valence-electron chi connectivity index (χ3n) is 5.94. The minimum atomic E-state index is -3.86. The van der Waals surface area contributed by atoms with Crippen LogP contribution in [0.15, 0.2) is 65.6 Å². The summed E-state index contributed by atoms with van der Waals surface area (Å²) in [7, 11) is -3.86. The maximum absolute atomic E-state index is 13.3. The van der Waals surface area contributed by atoms with Crippen LogP contribution in [0.2, 0.25) is 0 Å². The van der Waals surface area contributed by atoms with E-state index in [4.69, 9.17) is 0 Å². The Hall–Kier alpha value is -3.43. The predicted octanol–water partition coefficient (Wildman–Crippen LogP) is 3.48. The number of anilines is 1. The van der Waals surface area contributed by atoms with E-state index in [9.17, 15) is 18.0 Å². The van der Waals surface area contributed by atoms with Gasteiger partial charge in [-0.3, -0.25) is 4.79 Å². The molecular formula is C25H28N4O4S. The third-order valence-corrected chi connectivity index (χ3v) is 7.52. The molecule has 34 heavy (non-hydrogen) atoms. The highest BCUT2D eigenvalue weighted by Gasteiger charge is 2.30. The number of nitrogens with one attached hydrogen (secondary N) is 3. The summed E-state index contributed by atoms with van der Waals surface area (Å²) in [6.45, 7) is 5.03. The standard InChI is InChI=1S/C25H28N4O4S/c1-3-26-25(31)29-15-14-18(16-29)28-34(32,33)23-13-12-22(20-10-6-7-11-21(20)23)27-24(30)19-9-5-4-8-17(19)2/h4-13,18,28H,3,14-16H2,1-2H3,(H,26,31)(H,27,30). The Labute approximate surface area is 199 Å². The fraction of sp³-hybridized carbons (Fsp3) is 0.280. The second-order valence-corrected chi connectivity index (χ2v) is 10.00. The number of likely N-dealkylation sites (tertiary alicyclic amines) is 1. The number of amides is 3. The first-order chi connectivity index (χ1) is 16.3. The fourth-order valence-corrected chi connectivity index (χ4v) is 5.69. The van der Waals surface area contributed by atoms with Gasteiger partial charge in [0.15, 0.2) is 0 Å². The number of benzene rings is 3. The quantitative estimate of drug-likeness (QED) is 0.502. The van der Waals surface area contributed by atoms with Gasteiger partial charge in [0.25, 0.3) is 5.91 Å². The number of carbonyl (C=O) groups is 2. The smallest absolute Gasteiger partial charge is 0.317 e. The first-order valence-corrected chi connectivity index (χ1v) is 12.7. The van der Waals surface area contributed by atoms with Crippen molar-refractivity contribution >= 4 is 38.4 Å². The van der Waals surface area contributed by atoms with E-state index < -0.39 is 10.0 Å². The molecule has 0 aromatic heterocycles. The van der Waals surface area contributed by atoms with E-state index in [1.165, 1.54) is 6.07 Å². The van der Waals surface area contributed by atoms with Gasteiger partial charge in [0.05, 0.1) is 4.90 Å². The van der Waals surface area contributed by atoms with Crippen molar-refractivity contribution < 1.29 is 18.0 Å². The summed E-state index contributed by atoms with van der Waals surface area (Å²) < 4.78 is 29.3. The molecule has 1 unspecified atom stereocenters. The Bertz CT molecular complexity index is 1340. The van der Waals surface area contributed by atoms with Crippen molar-refractivity contribution in [2.45, 2.75) is 31.2 Å². The average Bonchev–Trinajstić information content (AvgIpc) is 3.27. The van der Waals surface area contributed by atoms with E-state index in [0.717, 1.165) is 5.56 Å². The highest BCUT2D eigenvalue weighted by Crippen LogP contribution is 2.30. The molecule has 4 rings (SSSR count). The van der Waals surface area contributed by atoms with Crippen LogP contribution in [-0.2, 0) is 10.0 Å². The molecule has 1 fully saturated rings. The van der Waals surface area contributed by atoms with Gasteiger partial charge in [0, 0.05) is 47.7 Å². The van der Waals surface area contributed by atoms with Gasteiger partial charge < -0.3 is 15.5 Å². The van der Waals surface area contributed by atoms with E-state index in [2.05, 4.69) is 15.4 Å². The number of hydrogen-bond donors (Lipinski definition) is 3. The lowest BCUT2D eigenvalue weighted by molar-refractivity contribution is 0.102. The molecule has 3 aromatic rings. The predicted molar refractivity (Wildman–Crippen MR) is 132 cm³/mol. The summed E-state index contributed by atoms with van der Waals surface area (Å²) in [6, 6.07) is 16.9. The molecule has 8 nitrogen and oxygen atoms in total. The van der Waals surface area contributed by atoms with Crippen molar-refractivity contribution in [2.75, 3.05) is 25.0 Å². The van der Waals surface area contributed by atoms with Gasteiger partial charge in [0.1, 0.15) is 0 Å². The zero-order valence-corrected chi connectivity index (χ0v) is 20.0. The minimum Gasteiger partial charge on any atom is -0.338 e.